The van der Waals surface area contributed by atoms with E-state index in [2.05, 4.69) is 26.2 Å². The predicted molar refractivity (Wildman–Crippen MR) is 86.6 cm³/mol. The molecule has 0 atom stereocenters. The first-order valence-corrected chi connectivity index (χ1v) is 7.22. The molecule has 1 aromatic heterocycles. The normalized spacial score (nSPS) is 10.6. The van der Waals surface area contributed by atoms with Crippen molar-refractivity contribution in [3.63, 3.8) is 0 Å². The lowest BCUT2D eigenvalue weighted by molar-refractivity contribution is 0.102. The molecular weight excluding hydrogens is 351 g/mol. The van der Waals surface area contributed by atoms with Gasteiger partial charge in [-0.25, -0.2) is 4.39 Å². The molecule has 4 nitrogen and oxygen atoms in total. The molecule has 6 heteroatoms. The van der Waals surface area contributed by atoms with Crippen LogP contribution < -0.4 is 10.7 Å². The zero-order chi connectivity index (χ0) is 15.7. The van der Waals surface area contributed by atoms with Crippen LogP contribution in [0.1, 0.15) is 10.4 Å². The highest BCUT2D eigenvalue weighted by Crippen LogP contribution is 2.16. The van der Waals surface area contributed by atoms with Gasteiger partial charge in [0.2, 0.25) is 5.43 Å². The quantitative estimate of drug-likeness (QED) is 0.732. The van der Waals surface area contributed by atoms with Crippen molar-refractivity contribution in [2.45, 2.75) is 0 Å². The van der Waals surface area contributed by atoms with Crippen LogP contribution in [0.2, 0.25) is 0 Å². The number of hydrogen-bond donors (Lipinski definition) is 2. The molecule has 2 aromatic carbocycles. The zero-order valence-electron chi connectivity index (χ0n) is 11.2. The number of benzene rings is 2. The van der Waals surface area contributed by atoms with Gasteiger partial charge in [-0.05, 0) is 36.4 Å². The summed E-state index contributed by atoms with van der Waals surface area (Å²) in [6, 6.07) is 10.8. The third kappa shape index (κ3) is 2.78. The summed E-state index contributed by atoms with van der Waals surface area (Å²) in [5.74, 6) is -1.08. The number of carbonyl (C=O) groups is 1. The number of aromatic nitrogens is 1. The average Bonchev–Trinajstić information content (AvgIpc) is 2.48. The molecule has 0 aliphatic rings. The molecule has 0 radical (unpaired) electrons. The highest BCUT2D eigenvalue weighted by molar-refractivity contribution is 9.10. The van der Waals surface area contributed by atoms with Gasteiger partial charge in [-0.15, -0.1) is 0 Å². The maximum absolute atomic E-state index is 13.3. The maximum Gasteiger partial charge on any atom is 0.261 e. The van der Waals surface area contributed by atoms with Crippen molar-refractivity contribution in [3.8, 4) is 0 Å². The average molecular weight is 361 g/mol. The fourth-order valence-corrected chi connectivity index (χ4v) is 2.52. The highest BCUT2D eigenvalue weighted by Gasteiger charge is 2.13. The van der Waals surface area contributed by atoms with Crippen molar-refractivity contribution >= 4 is 38.4 Å². The van der Waals surface area contributed by atoms with Crippen LogP contribution in [-0.4, -0.2) is 10.9 Å². The largest absolute Gasteiger partial charge is 0.360 e. The molecule has 0 saturated heterocycles. The van der Waals surface area contributed by atoms with Crippen LogP contribution in [0.3, 0.4) is 0 Å². The molecule has 0 fully saturated rings. The Hall–Kier alpha value is -2.47. The summed E-state index contributed by atoms with van der Waals surface area (Å²) < 4.78 is 14.1. The number of amides is 1. The maximum atomic E-state index is 13.3. The zero-order valence-corrected chi connectivity index (χ0v) is 12.8. The molecule has 0 spiro atoms. The van der Waals surface area contributed by atoms with E-state index in [9.17, 15) is 14.0 Å². The van der Waals surface area contributed by atoms with Crippen LogP contribution in [0.5, 0.6) is 0 Å². The number of anilines is 1. The van der Waals surface area contributed by atoms with Crippen LogP contribution in [0.15, 0.2) is 57.9 Å². The Labute approximate surface area is 133 Å². The van der Waals surface area contributed by atoms with E-state index < -0.39 is 17.2 Å². The first kappa shape index (κ1) is 14.5. The van der Waals surface area contributed by atoms with Crippen molar-refractivity contribution in [1.29, 1.82) is 0 Å². The topological polar surface area (TPSA) is 62.0 Å². The number of hydrogen-bond acceptors (Lipinski definition) is 2. The standard InChI is InChI=1S/C16H10BrFN2O2/c17-9-2-1-3-11(6-9)20-16(22)13-8-19-14-5-4-10(18)7-12(14)15(13)21/h1-8H,(H,19,21)(H,20,22). The van der Waals surface area contributed by atoms with Gasteiger partial charge in [0.1, 0.15) is 11.4 Å². The summed E-state index contributed by atoms with van der Waals surface area (Å²) >= 11 is 3.30. The summed E-state index contributed by atoms with van der Waals surface area (Å²) in [6.07, 6.45) is 1.33. The van der Waals surface area contributed by atoms with Crippen molar-refractivity contribution in [2.24, 2.45) is 0 Å². The Balaban J connectivity index is 2.01. The van der Waals surface area contributed by atoms with E-state index in [-0.39, 0.29) is 10.9 Å². The number of rotatable bonds is 2. The van der Waals surface area contributed by atoms with Crippen LogP contribution >= 0.6 is 15.9 Å². The first-order chi connectivity index (χ1) is 10.5. The van der Waals surface area contributed by atoms with Crippen molar-refractivity contribution in [3.05, 3.63) is 74.7 Å². The monoisotopic (exact) mass is 360 g/mol. The summed E-state index contributed by atoms with van der Waals surface area (Å²) in [5.41, 5.74) is 0.447. The van der Waals surface area contributed by atoms with E-state index >= 15 is 0 Å². The molecule has 1 amide bonds. The van der Waals surface area contributed by atoms with Gasteiger partial charge in [-0.3, -0.25) is 9.59 Å². The van der Waals surface area contributed by atoms with Gasteiger partial charge < -0.3 is 10.3 Å². The van der Waals surface area contributed by atoms with E-state index in [0.717, 1.165) is 10.5 Å². The van der Waals surface area contributed by atoms with Gasteiger partial charge in [-0.1, -0.05) is 22.0 Å². The van der Waals surface area contributed by atoms with Gasteiger partial charge in [0, 0.05) is 27.3 Å². The summed E-state index contributed by atoms with van der Waals surface area (Å²) in [4.78, 5) is 27.4. The van der Waals surface area contributed by atoms with Gasteiger partial charge in [-0.2, -0.15) is 0 Å². The number of carbonyl (C=O) groups excluding carboxylic acids is 1. The van der Waals surface area contributed by atoms with Gasteiger partial charge in [0.25, 0.3) is 5.91 Å². The Morgan fingerprint density at radius 3 is 2.77 bits per heavy atom. The molecule has 0 aliphatic carbocycles. The smallest absolute Gasteiger partial charge is 0.261 e. The molecule has 110 valence electrons. The Morgan fingerprint density at radius 2 is 2.00 bits per heavy atom. The molecule has 0 unspecified atom stereocenters. The summed E-state index contributed by atoms with van der Waals surface area (Å²) in [7, 11) is 0. The minimum atomic E-state index is -0.550. The fraction of sp³-hybridized carbons (Fsp3) is 0. The van der Waals surface area contributed by atoms with Gasteiger partial charge in [0.05, 0.1) is 0 Å². The SMILES string of the molecule is O=C(Nc1cccc(Br)c1)c1c[nH]c2ccc(F)cc2c1=O. The van der Waals surface area contributed by atoms with Crippen molar-refractivity contribution in [2.75, 3.05) is 5.32 Å². The van der Waals surface area contributed by atoms with E-state index in [0.29, 0.717) is 11.2 Å². The molecule has 0 bridgehead atoms. The lowest BCUT2D eigenvalue weighted by Crippen LogP contribution is -2.22. The Kier molecular flexibility index (Phi) is 3.77. The third-order valence-corrected chi connectivity index (χ3v) is 3.66. The van der Waals surface area contributed by atoms with E-state index in [1.54, 1.807) is 18.2 Å². The van der Waals surface area contributed by atoms with Crippen LogP contribution in [-0.2, 0) is 0 Å². The summed E-state index contributed by atoms with van der Waals surface area (Å²) in [6.45, 7) is 0. The molecule has 3 aromatic rings. The van der Waals surface area contributed by atoms with Gasteiger partial charge in [0.15, 0.2) is 0 Å². The van der Waals surface area contributed by atoms with Gasteiger partial charge >= 0.3 is 0 Å². The lowest BCUT2D eigenvalue weighted by atomic mass is 10.1. The minimum Gasteiger partial charge on any atom is -0.360 e. The number of H-pyrrole nitrogens is 1. The Morgan fingerprint density at radius 1 is 1.18 bits per heavy atom. The van der Waals surface area contributed by atoms with Crippen molar-refractivity contribution < 1.29 is 9.18 Å². The third-order valence-electron chi connectivity index (χ3n) is 3.17. The Bertz CT molecular complexity index is 937. The van der Waals surface area contributed by atoms with Crippen molar-refractivity contribution in [1.82, 2.24) is 4.98 Å². The second-order valence-corrected chi connectivity index (χ2v) is 5.60. The lowest BCUT2D eigenvalue weighted by Gasteiger charge is -2.06. The predicted octanol–water partition coefficient (Wildman–Crippen LogP) is 3.68. The van der Waals surface area contributed by atoms with Crippen LogP contribution in [0, 0.1) is 5.82 Å². The summed E-state index contributed by atoms with van der Waals surface area (Å²) in [5, 5.41) is 2.78. The molecule has 1 heterocycles. The molecule has 2 N–H and O–H groups in total. The molecular formula is C16H10BrFN2O2. The number of aromatic amines is 1. The first-order valence-electron chi connectivity index (χ1n) is 6.42. The molecule has 0 aliphatic heterocycles. The highest BCUT2D eigenvalue weighted by atomic mass is 79.9. The van der Waals surface area contributed by atoms with Crippen LogP contribution in [0.4, 0.5) is 10.1 Å². The number of nitrogens with one attached hydrogen (secondary N) is 2. The second-order valence-electron chi connectivity index (χ2n) is 4.69. The van der Waals surface area contributed by atoms with E-state index in [1.165, 1.54) is 18.3 Å². The van der Waals surface area contributed by atoms with E-state index in [4.69, 9.17) is 0 Å². The number of fused-ring (bicyclic) bond motifs is 1. The van der Waals surface area contributed by atoms with Crippen LogP contribution in [0.25, 0.3) is 10.9 Å². The molecule has 3 rings (SSSR count). The number of pyridine rings is 1. The fourth-order valence-electron chi connectivity index (χ4n) is 2.12. The molecule has 0 saturated carbocycles. The number of halogens is 2. The molecule has 22 heavy (non-hydrogen) atoms. The second kappa shape index (κ2) is 5.73. The minimum absolute atomic E-state index is 0.0712. The van der Waals surface area contributed by atoms with E-state index in [1.807, 2.05) is 6.07 Å².